The second-order valence-electron chi connectivity index (χ2n) is 6.50. The molecule has 1 atom stereocenters. The topological polar surface area (TPSA) is 115 Å². The first-order valence-corrected chi connectivity index (χ1v) is 9.09. The number of nitro groups is 1. The van der Waals surface area contributed by atoms with Gasteiger partial charge in [0.1, 0.15) is 0 Å². The zero-order valence-corrected chi connectivity index (χ0v) is 15.8. The maximum absolute atomic E-state index is 13.2. The smallest absolute Gasteiger partial charge is 0.279 e. The van der Waals surface area contributed by atoms with E-state index in [1.807, 2.05) is 0 Å². The summed E-state index contributed by atoms with van der Waals surface area (Å²) >= 11 is 5.24. The van der Waals surface area contributed by atoms with E-state index in [4.69, 9.17) is 26.4 Å². The van der Waals surface area contributed by atoms with Crippen LogP contribution in [0.4, 0.5) is 5.69 Å². The van der Waals surface area contributed by atoms with Crippen molar-refractivity contribution < 1.29 is 23.9 Å². The highest BCUT2D eigenvalue weighted by atomic mass is 32.1. The quantitative estimate of drug-likeness (QED) is 0.430. The molecule has 3 heterocycles. The van der Waals surface area contributed by atoms with Gasteiger partial charge < -0.3 is 29.7 Å². The highest BCUT2D eigenvalue weighted by molar-refractivity contribution is 7.80. The molecule has 1 aromatic carbocycles. The zero-order chi connectivity index (χ0) is 19.8. The van der Waals surface area contributed by atoms with Gasteiger partial charge in [0.05, 0.1) is 41.4 Å². The lowest BCUT2D eigenvalue weighted by atomic mass is 9.92. The number of morpholine rings is 1. The van der Waals surface area contributed by atoms with Gasteiger partial charge in [0.2, 0.25) is 6.79 Å². The third kappa shape index (κ3) is 3.22. The molecule has 1 aromatic rings. The number of nitro benzene ring substituents is 1. The molecule has 148 valence electrons. The second-order valence-corrected chi connectivity index (χ2v) is 6.90. The number of carbonyl (C=O) groups is 1. The van der Waals surface area contributed by atoms with Gasteiger partial charge in [-0.1, -0.05) is 0 Å². The van der Waals surface area contributed by atoms with E-state index in [9.17, 15) is 14.9 Å². The predicted molar refractivity (Wildman–Crippen MR) is 101 cm³/mol. The molecule has 0 saturated carbocycles. The largest absolute Gasteiger partial charge is 0.454 e. The third-order valence-corrected chi connectivity index (χ3v) is 5.05. The van der Waals surface area contributed by atoms with E-state index < -0.39 is 11.0 Å². The van der Waals surface area contributed by atoms with Crippen LogP contribution in [0.15, 0.2) is 23.4 Å². The molecule has 0 bridgehead atoms. The number of hydrogen-bond acceptors (Lipinski definition) is 7. The number of fused-ring (bicyclic) bond motifs is 1. The number of hydrogen-bond donors (Lipinski definition) is 2. The Balaban J connectivity index is 1.80. The number of thiocarbonyl (C=S) groups is 1. The first kappa shape index (κ1) is 18.4. The van der Waals surface area contributed by atoms with E-state index in [0.29, 0.717) is 49.1 Å². The summed E-state index contributed by atoms with van der Waals surface area (Å²) in [6.45, 7) is 3.53. The van der Waals surface area contributed by atoms with Gasteiger partial charge in [-0.3, -0.25) is 14.9 Å². The Bertz CT molecular complexity index is 896. The molecule has 3 aliphatic heterocycles. The van der Waals surface area contributed by atoms with Crippen LogP contribution in [0, 0.1) is 10.1 Å². The van der Waals surface area contributed by atoms with Crippen molar-refractivity contribution in [3.63, 3.8) is 0 Å². The number of rotatable bonds is 3. The minimum Gasteiger partial charge on any atom is -0.454 e. The molecule has 2 N–H and O–H groups in total. The van der Waals surface area contributed by atoms with E-state index in [0.717, 1.165) is 0 Å². The summed E-state index contributed by atoms with van der Waals surface area (Å²) < 4.78 is 16.0. The number of allylic oxidation sites excluding steroid dienone is 1. The Labute approximate surface area is 165 Å². The van der Waals surface area contributed by atoms with Crippen LogP contribution in [-0.4, -0.2) is 53.9 Å². The fourth-order valence-corrected chi connectivity index (χ4v) is 3.75. The lowest BCUT2D eigenvalue weighted by molar-refractivity contribution is -0.385. The SMILES string of the molecule is CC1=C(C(=O)N2CCOCC2)[C@H](c2cc3c(cc2[N+](=O)[O-])OCO3)NC(=S)N1. The van der Waals surface area contributed by atoms with Crippen molar-refractivity contribution >= 4 is 28.9 Å². The van der Waals surface area contributed by atoms with E-state index in [1.165, 1.54) is 12.1 Å². The Morgan fingerprint density at radius 2 is 1.96 bits per heavy atom. The standard InChI is InChI=1S/C17H18N4O6S/c1-9-14(16(22)20-2-4-25-5-3-20)15(19-17(28)18-9)10-6-12-13(27-8-26-12)7-11(10)21(23)24/h6-7,15H,2-5,8H2,1H3,(H2,18,19,28)/t15-/m0/s1. The predicted octanol–water partition coefficient (Wildman–Crippen LogP) is 0.975. The molecule has 0 unspecified atom stereocenters. The fourth-order valence-electron chi connectivity index (χ4n) is 3.48. The van der Waals surface area contributed by atoms with Crippen molar-refractivity contribution in [3.05, 3.63) is 39.1 Å². The molecule has 0 aliphatic carbocycles. The molecule has 0 spiro atoms. The summed E-state index contributed by atoms with van der Waals surface area (Å²) in [4.78, 5) is 26.1. The Kier molecular flexibility index (Phi) is 4.77. The highest BCUT2D eigenvalue weighted by Crippen LogP contribution is 2.42. The summed E-state index contributed by atoms with van der Waals surface area (Å²) in [6.07, 6.45) is 0. The lowest BCUT2D eigenvalue weighted by Crippen LogP contribution is -2.49. The normalized spacial score (nSPS) is 21.2. The van der Waals surface area contributed by atoms with Crippen molar-refractivity contribution in [2.24, 2.45) is 0 Å². The molecule has 1 fully saturated rings. The van der Waals surface area contributed by atoms with Crippen molar-refractivity contribution in [1.82, 2.24) is 15.5 Å². The Hall–Kier alpha value is -2.92. The molecule has 11 heteroatoms. The number of benzene rings is 1. The molecule has 1 amide bonds. The summed E-state index contributed by atoms with van der Waals surface area (Å²) in [5.41, 5.74) is 1.04. The molecule has 3 aliphatic rings. The average Bonchev–Trinajstić information content (AvgIpc) is 3.14. The van der Waals surface area contributed by atoms with Gasteiger partial charge >= 0.3 is 0 Å². The molecule has 4 rings (SSSR count). The van der Waals surface area contributed by atoms with E-state index in [-0.39, 0.29) is 29.1 Å². The van der Waals surface area contributed by atoms with Gasteiger partial charge in [-0.05, 0) is 25.2 Å². The van der Waals surface area contributed by atoms with E-state index in [1.54, 1.807) is 11.8 Å². The highest BCUT2D eigenvalue weighted by Gasteiger charge is 2.38. The van der Waals surface area contributed by atoms with Crippen molar-refractivity contribution in [3.8, 4) is 11.5 Å². The van der Waals surface area contributed by atoms with Gasteiger partial charge in [0.25, 0.3) is 11.6 Å². The first-order chi connectivity index (χ1) is 13.5. The van der Waals surface area contributed by atoms with Crippen molar-refractivity contribution in [2.45, 2.75) is 13.0 Å². The molecule has 0 aromatic heterocycles. The molecular weight excluding hydrogens is 388 g/mol. The monoisotopic (exact) mass is 406 g/mol. The summed E-state index contributed by atoms with van der Waals surface area (Å²) in [6, 6.07) is 2.06. The minimum atomic E-state index is -0.793. The first-order valence-electron chi connectivity index (χ1n) is 8.69. The van der Waals surface area contributed by atoms with Gasteiger partial charge in [0.15, 0.2) is 16.6 Å². The fraction of sp³-hybridized carbons (Fsp3) is 0.412. The minimum absolute atomic E-state index is 0.0115. The van der Waals surface area contributed by atoms with Gasteiger partial charge in [0, 0.05) is 18.8 Å². The van der Waals surface area contributed by atoms with Gasteiger partial charge in [-0.15, -0.1) is 0 Å². The van der Waals surface area contributed by atoms with Crippen LogP contribution < -0.4 is 20.1 Å². The maximum Gasteiger partial charge on any atom is 0.279 e. The van der Waals surface area contributed by atoms with Crippen LogP contribution in [0.5, 0.6) is 11.5 Å². The van der Waals surface area contributed by atoms with Crippen LogP contribution in [0.3, 0.4) is 0 Å². The van der Waals surface area contributed by atoms with Crippen LogP contribution in [-0.2, 0) is 9.53 Å². The number of ether oxygens (including phenoxy) is 3. The number of nitrogens with zero attached hydrogens (tertiary/aromatic N) is 2. The third-order valence-electron chi connectivity index (χ3n) is 4.83. The zero-order valence-electron chi connectivity index (χ0n) is 15.0. The number of amides is 1. The average molecular weight is 406 g/mol. The van der Waals surface area contributed by atoms with Crippen LogP contribution in [0.25, 0.3) is 0 Å². The lowest BCUT2D eigenvalue weighted by Gasteiger charge is -2.34. The van der Waals surface area contributed by atoms with Crippen molar-refractivity contribution in [1.29, 1.82) is 0 Å². The van der Waals surface area contributed by atoms with Crippen LogP contribution in [0.2, 0.25) is 0 Å². The molecule has 0 radical (unpaired) electrons. The Morgan fingerprint density at radius 3 is 2.64 bits per heavy atom. The van der Waals surface area contributed by atoms with Crippen LogP contribution >= 0.6 is 12.2 Å². The van der Waals surface area contributed by atoms with Gasteiger partial charge in [-0.2, -0.15) is 0 Å². The second kappa shape index (κ2) is 7.24. The molecular formula is C17H18N4O6S. The molecule has 1 saturated heterocycles. The van der Waals surface area contributed by atoms with Crippen LogP contribution in [0.1, 0.15) is 18.5 Å². The summed E-state index contributed by atoms with van der Waals surface area (Å²) in [7, 11) is 0. The van der Waals surface area contributed by atoms with Gasteiger partial charge in [-0.25, -0.2) is 0 Å². The molecule has 10 nitrogen and oxygen atoms in total. The van der Waals surface area contributed by atoms with E-state index >= 15 is 0 Å². The summed E-state index contributed by atoms with van der Waals surface area (Å²) in [5.74, 6) is 0.469. The van der Waals surface area contributed by atoms with E-state index in [2.05, 4.69) is 10.6 Å². The van der Waals surface area contributed by atoms with Crippen molar-refractivity contribution in [2.75, 3.05) is 33.1 Å². The number of nitrogens with one attached hydrogen (secondary N) is 2. The Morgan fingerprint density at radius 1 is 1.29 bits per heavy atom. The molecule has 28 heavy (non-hydrogen) atoms. The summed E-state index contributed by atoms with van der Waals surface area (Å²) in [5, 5.41) is 17.9. The maximum atomic E-state index is 13.2. The number of carbonyl (C=O) groups excluding carboxylic acids is 1.